The van der Waals surface area contributed by atoms with Crippen molar-refractivity contribution in [3.63, 3.8) is 0 Å². The molecule has 0 radical (unpaired) electrons. The fourth-order valence-corrected chi connectivity index (χ4v) is 2.63. The van der Waals surface area contributed by atoms with Crippen molar-refractivity contribution in [1.29, 1.82) is 0 Å². The first-order chi connectivity index (χ1) is 12.4. The van der Waals surface area contributed by atoms with Gasteiger partial charge in [-0.2, -0.15) is 10.1 Å². The van der Waals surface area contributed by atoms with Gasteiger partial charge in [-0.25, -0.2) is 4.68 Å². The number of carbonyl (C=O) groups excluding carboxylic acids is 1. The van der Waals surface area contributed by atoms with Gasteiger partial charge in [0.2, 0.25) is 5.89 Å². The predicted molar refractivity (Wildman–Crippen MR) is 97.5 cm³/mol. The van der Waals surface area contributed by atoms with Crippen molar-refractivity contribution in [2.24, 2.45) is 0 Å². The Morgan fingerprint density at radius 1 is 1.23 bits per heavy atom. The van der Waals surface area contributed by atoms with Crippen molar-refractivity contribution in [2.45, 2.75) is 40.0 Å². The van der Waals surface area contributed by atoms with E-state index in [0.29, 0.717) is 30.2 Å². The van der Waals surface area contributed by atoms with Crippen molar-refractivity contribution < 1.29 is 9.32 Å². The number of hydrogen-bond acceptors (Lipinski definition) is 5. The zero-order valence-electron chi connectivity index (χ0n) is 15.5. The van der Waals surface area contributed by atoms with Crippen LogP contribution in [0.5, 0.6) is 0 Å². The summed E-state index contributed by atoms with van der Waals surface area (Å²) in [6.45, 7) is 8.41. The highest BCUT2D eigenvalue weighted by Crippen LogP contribution is 2.13. The molecule has 26 heavy (non-hydrogen) atoms. The monoisotopic (exact) mass is 353 g/mol. The maximum atomic E-state index is 12.3. The van der Waals surface area contributed by atoms with Crippen LogP contribution < -0.4 is 5.32 Å². The third-order valence-electron chi connectivity index (χ3n) is 4.01. The van der Waals surface area contributed by atoms with Crippen molar-refractivity contribution in [3.05, 3.63) is 59.0 Å². The number of amides is 1. The number of nitrogens with one attached hydrogen (secondary N) is 1. The van der Waals surface area contributed by atoms with Crippen LogP contribution >= 0.6 is 0 Å². The van der Waals surface area contributed by atoms with E-state index in [0.717, 1.165) is 17.1 Å². The van der Waals surface area contributed by atoms with Gasteiger partial charge in [0.1, 0.15) is 0 Å². The number of hydrogen-bond donors (Lipinski definition) is 1. The molecule has 1 aromatic carbocycles. The molecule has 0 saturated heterocycles. The minimum absolute atomic E-state index is 0.131. The first-order valence-corrected chi connectivity index (χ1v) is 8.68. The van der Waals surface area contributed by atoms with E-state index in [-0.39, 0.29) is 11.8 Å². The maximum absolute atomic E-state index is 12.3. The Hall–Kier alpha value is -2.96. The largest absolute Gasteiger partial charge is 0.352 e. The van der Waals surface area contributed by atoms with E-state index in [4.69, 9.17) is 4.52 Å². The van der Waals surface area contributed by atoms with Gasteiger partial charge in [0.05, 0.1) is 11.4 Å². The molecule has 3 aromatic rings. The minimum atomic E-state index is -0.131. The third kappa shape index (κ3) is 3.99. The van der Waals surface area contributed by atoms with E-state index < -0.39 is 0 Å². The summed E-state index contributed by atoms with van der Waals surface area (Å²) in [6.07, 6.45) is 0.509. The first-order valence-electron chi connectivity index (χ1n) is 8.68. The van der Waals surface area contributed by atoms with Gasteiger partial charge in [0, 0.05) is 30.1 Å². The topological polar surface area (TPSA) is 85.8 Å². The molecule has 0 unspecified atom stereocenters. The third-order valence-corrected chi connectivity index (χ3v) is 4.01. The highest BCUT2D eigenvalue weighted by molar-refractivity contribution is 5.94. The lowest BCUT2D eigenvalue weighted by Crippen LogP contribution is -2.25. The summed E-state index contributed by atoms with van der Waals surface area (Å²) in [5.74, 6) is 1.32. The summed E-state index contributed by atoms with van der Waals surface area (Å²) in [5, 5.41) is 11.2. The smallest absolute Gasteiger partial charge is 0.251 e. The zero-order valence-corrected chi connectivity index (χ0v) is 15.5. The molecule has 7 nitrogen and oxygen atoms in total. The summed E-state index contributed by atoms with van der Waals surface area (Å²) in [7, 11) is 0. The number of rotatable bonds is 6. The molecule has 2 aromatic heterocycles. The predicted octanol–water partition coefficient (Wildman–Crippen LogP) is 2.97. The molecule has 7 heteroatoms. The number of nitrogens with zero attached hydrogens (tertiary/aromatic N) is 4. The van der Waals surface area contributed by atoms with Crippen LogP contribution in [0.25, 0.3) is 5.69 Å². The van der Waals surface area contributed by atoms with Crippen molar-refractivity contribution in [2.75, 3.05) is 6.54 Å². The quantitative estimate of drug-likeness (QED) is 0.736. The first kappa shape index (κ1) is 17.8. The second kappa shape index (κ2) is 7.51. The maximum Gasteiger partial charge on any atom is 0.251 e. The molecular formula is C19H23N5O2. The lowest BCUT2D eigenvalue weighted by atomic mass is 10.2. The molecule has 0 saturated carbocycles. The van der Waals surface area contributed by atoms with Crippen molar-refractivity contribution >= 4 is 5.91 Å². The lowest BCUT2D eigenvalue weighted by Gasteiger charge is -2.07. The number of carbonyl (C=O) groups is 1. The molecule has 1 amide bonds. The van der Waals surface area contributed by atoms with E-state index in [2.05, 4.69) is 20.6 Å². The van der Waals surface area contributed by atoms with E-state index in [9.17, 15) is 4.79 Å². The van der Waals surface area contributed by atoms with Crippen LogP contribution in [0, 0.1) is 13.8 Å². The second-order valence-corrected chi connectivity index (χ2v) is 6.59. The summed E-state index contributed by atoms with van der Waals surface area (Å²) in [4.78, 5) is 16.6. The molecule has 0 aliphatic carbocycles. The molecule has 2 heterocycles. The fraction of sp³-hybridized carbons (Fsp3) is 0.368. The number of aryl methyl sites for hydroxylation is 2. The average molecular weight is 353 g/mol. The SMILES string of the molecule is Cc1cc(C)n(-c2ccc(C(=O)NCCc3nc(C(C)C)no3)cc2)n1. The minimum Gasteiger partial charge on any atom is -0.352 e. The molecule has 0 fully saturated rings. The molecule has 0 aliphatic rings. The van der Waals surface area contributed by atoms with Gasteiger partial charge in [-0.15, -0.1) is 0 Å². The van der Waals surface area contributed by atoms with Gasteiger partial charge < -0.3 is 9.84 Å². The van der Waals surface area contributed by atoms with Crippen molar-refractivity contribution in [1.82, 2.24) is 25.2 Å². The van der Waals surface area contributed by atoms with E-state index >= 15 is 0 Å². The van der Waals surface area contributed by atoms with Crippen molar-refractivity contribution in [3.8, 4) is 5.69 Å². The summed E-state index contributed by atoms with van der Waals surface area (Å²) in [5.41, 5.74) is 3.55. The average Bonchev–Trinajstić information content (AvgIpc) is 3.21. The molecule has 3 rings (SSSR count). The van der Waals surface area contributed by atoms with Crippen LogP contribution in [0.2, 0.25) is 0 Å². The molecule has 0 bridgehead atoms. The van der Waals surface area contributed by atoms with Gasteiger partial charge in [0.25, 0.3) is 5.91 Å². The van der Waals surface area contributed by atoms with Crippen LogP contribution in [0.4, 0.5) is 0 Å². The van der Waals surface area contributed by atoms with E-state index in [1.807, 2.05) is 50.6 Å². The number of aromatic nitrogens is 4. The highest BCUT2D eigenvalue weighted by Gasteiger charge is 2.11. The second-order valence-electron chi connectivity index (χ2n) is 6.59. The zero-order chi connectivity index (χ0) is 18.7. The molecule has 0 atom stereocenters. The van der Waals surface area contributed by atoms with Crippen LogP contribution in [-0.2, 0) is 6.42 Å². The normalized spacial score (nSPS) is 11.1. The number of benzene rings is 1. The summed E-state index contributed by atoms with van der Waals surface area (Å²) in [6, 6.07) is 9.39. The Labute approximate surface area is 152 Å². The fourth-order valence-electron chi connectivity index (χ4n) is 2.63. The van der Waals surface area contributed by atoms with Gasteiger partial charge >= 0.3 is 0 Å². The van der Waals surface area contributed by atoms with E-state index in [1.165, 1.54) is 0 Å². The van der Waals surface area contributed by atoms with Gasteiger partial charge in [0.15, 0.2) is 5.82 Å². The standard InChI is InChI=1S/C19H23N5O2/c1-12(2)18-21-17(26-23-18)9-10-20-19(25)15-5-7-16(8-6-15)24-14(4)11-13(3)22-24/h5-8,11-12H,9-10H2,1-4H3,(H,20,25). The molecule has 136 valence electrons. The Balaban J connectivity index is 1.57. The summed E-state index contributed by atoms with van der Waals surface area (Å²) >= 11 is 0. The molecule has 1 N–H and O–H groups in total. The molecule has 0 aliphatic heterocycles. The van der Waals surface area contributed by atoms with Gasteiger partial charge in [-0.1, -0.05) is 19.0 Å². The van der Waals surface area contributed by atoms with Crippen LogP contribution in [0.15, 0.2) is 34.9 Å². The van der Waals surface area contributed by atoms with E-state index in [1.54, 1.807) is 12.1 Å². The lowest BCUT2D eigenvalue weighted by molar-refractivity contribution is 0.0953. The Morgan fingerprint density at radius 2 is 1.96 bits per heavy atom. The summed E-state index contributed by atoms with van der Waals surface area (Å²) < 4.78 is 7.03. The Bertz CT molecular complexity index is 893. The van der Waals surface area contributed by atoms with Gasteiger partial charge in [-0.05, 0) is 44.2 Å². The molecular weight excluding hydrogens is 330 g/mol. The van der Waals surface area contributed by atoms with Crippen LogP contribution in [0.3, 0.4) is 0 Å². The Morgan fingerprint density at radius 3 is 2.54 bits per heavy atom. The highest BCUT2D eigenvalue weighted by atomic mass is 16.5. The molecule has 0 spiro atoms. The van der Waals surface area contributed by atoms with Gasteiger partial charge in [-0.3, -0.25) is 4.79 Å². The van der Waals surface area contributed by atoms with Crippen LogP contribution in [-0.4, -0.2) is 32.4 Å². The van der Waals surface area contributed by atoms with Crippen LogP contribution in [0.1, 0.15) is 53.2 Å². The Kier molecular flexibility index (Phi) is 5.16.